The maximum absolute atomic E-state index is 2.52. The third-order valence-electron chi connectivity index (χ3n) is 4.05. The summed E-state index contributed by atoms with van der Waals surface area (Å²) in [5.41, 5.74) is 0. The van der Waals surface area contributed by atoms with E-state index in [1.807, 2.05) is 0 Å². The van der Waals surface area contributed by atoms with Crippen LogP contribution in [0.3, 0.4) is 0 Å². The fourth-order valence-corrected chi connectivity index (χ4v) is 13.2. The Kier molecular flexibility index (Phi) is 22.0. The van der Waals surface area contributed by atoms with E-state index in [1.54, 1.807) is 13.3 Å². The minimum absolute atomic E-state index is 0.141. The molecule has 0 heterocycles. The summed E-state index contributed by atoms with van der Waals surface area (Å²) < 4.78 is 7.56. The largest absolute Gasteiger partial charge is 0.325 e. The summed E-state index contributed by atoms with van der Waals surface area (Å²) in [7, 11) is -0.141. The first-order chi connectivity index (χ1) is 10.1. The molecule has 0 aliphatic heterocycles. The Bertz CT molecular complexity index is 165. The molecule has 0 aromatic carbocycles. The molecule has 0 aliphatic carbocycles. The number of unbranched alkanes of at least 4 members (excludes halogenated alkanes) is 3. The summed E-state index contributed by atoms with van der Waals surface area (Å²) in [6.07, 6.45) is 8.85. The molecule has 2 radical (unpaired) electrons. The van der Waals surface area contributed by atoms with E-state index in [4.69, 9.17) is 0 Å². The first-order valence-electron chi connectivity index (χ1n) is 9.45. The van der Waals surface area contributed by atoms with Crippen LogP contribution in [0.25, 0.3) is 0 Å². The van der Waals surface area contributed by atoms with Gasteiger partial charge in [0.05, 0.1) is 0 Å². The van der Waals surface area contributed by atoms with Crippen molar-refractivity contribution in [1.29, 1.82) is 0 Å². The molecule has 0 N–H and O–H groups in total. The zero-order chi connectivity index (χ0) is 16.5. The molecule has 0 spiro atoms. The molecule has 21 heavy (non-hydrogen) atoms. The fourth-order valence-electron chi connectivity index (χ4n) is 2.51. The van der Waals surface area contributed by atoms with Gasteiger partial charge in [-0.05, 0) is 13.1 Å². The average molecular weight is 420 g/mol. The van der Waals surface area contributed by atoms with Crippen molar-refractivity contribution in [3.05, 3.63) is 0 Å². The van der Waals surface area contributed by atoms with Gasteiger partial charge in [0.15, 0.2) is 0 Å². The summed E-state index contributed by atoms with van der Waals surface area (Å²) in [5.74, 6) is 0. The van der Waals surface area contributed by atoms with Gasteiger partial charge in [-0.1, -0.05) is 26.9 Å². The van der Waals surface area contributed by atoms with Gasteiger partial charge >= 0.3 is 92.4 Å². The van der Waals surface area contributed by atoms with Crippen LogP contribution in [-0.4, -0.2) is 46.4 Å². The van der Waals surface area contributed by atoms with Crippen molar-refractivity contribution < 1.29 is 0 Å². The molecule has 0 saturated heterocycles. The van der Waals surface area contributed by atoms with Crippen LogP contribution in [-0.2, 0) is 0 Å². The molecule has 0 atom stereocenters. The summed E-state index contributed by atoms with van der Waals surface area (Å²) in [6, 6.07) is 0. The summed E-state index contributed by atoms with van der Waals surface area (Å²) in [5, 5.41) is 0. The SMILES string of the molecule is CCC[CH2][Sn]([CH2]CCC)[CH2]CCC.CCN(CC)[Si](C)C. The van der Waals surface area contributed by atoms with Crippen LogP contribution in [0.15, 0.2) is 0 Å². The van der Waals surface area contributed by atoms with Crippen LogP contribution in [0.5, 0.6) is 0 Å². The van der Waals surface area contributed by atoms with Crippen LogP contribution in [0.2, 0.25) is 26.4 Å². The van der Waals surface area contributed by atoms with E-state index in [2.05, 4.69) is 52.3 Å². The zero-order valence-corrected chi connectivity index (χ0v) is 20.1. The van der Waals surface area contributed by atoms with Crippen molar-refractivity contribution in [3.8, 4) is 0 Å². The van der Waals surface area contributed by atoms with Crippen molar-refractivity contribution in [2.24, 2.45) is 0 Å². The maximum Gasteiger partial charge on any atom is 0.129 e. The Morgan fingerprint density at radius 1 is 0.667 bits per heavy atom. The molecular weight excluding hydrogens is 377 g/mol. The predicted molar refractivity (Wildman–Crippen MR) is 105 cm³/mol. The third-order valence-corrected chi connectivity index (χ3v) is 15.0. The molecule has 0 unspecified atom stereocenters. The number of hydrogen-bond donors (Lipinski definition) is 0. The minimum Gasteiger partial charge on any atom is -0.325 e. The second-order valence-electron chi connectivity index (χ2n) is 6.18. The Hall–Kier alpha value is 0.976. The Balaban J connectivity index is 0. The molecular formula is C18H43NSiSn. The standard InChI is InChI=1S/C6H16NSi.3C4H9.Sn/c1-5-7(6-2)8(3)4;3*1-3-4-2;/h5-6H2,1-4H3;3*1,3-4H2,2H3;. The second kappa shape index (κ2) is 19.0. The van der Waals surface area contributed by atoms with Gasteiger partial charge in [-0.25, -0.2) is 0 Å². The van der Waals surface area contributed by atoms with Crippen LogP contribution >= 0.6 is 0 Å². The Labute approximate surface area is 145 Å². The molecule has 0 aromatic heterocycles. The number of hydrogen-bond acceptors (Lipinski definition) is 1. The number of rotatable bonds is 12. The topological polar surface area (TPSA) is 3.24 Å². The van der Waals surface area contributed by atoms with Crippen LogP contribution in [0, 0.1) is 0 Å². The van der Waals surface area contributed by atoms with Gasteiger partial charge in [0.2, 0.25) is 0 Å². The van der Waals surface area contributed by atoms with Gasteiger partial charge in [-0.15, -0.1) is 0 Å². The van der Waals surface area contributed by atoms with Crippen molar-refractivity contribution in [3.63, 3.8) is 0 Å². The fraction of sp³-hybridized carbons (Fsp3) is 1.00. The minimum atomic E-state index is -0.839. The van der Waals surface area contributed by atoms with E-state index in [0.29, 0.717) is 0 Å². The van der Waals surface area contributed by atoms with Crippen molar-refractivity contribution >= 4 is 28.7 Å². The normalized spacial score (nSPS) is 11.1. The first kappa shape index (κ1) is 24.2. The van der Waals surface area contributed by atoms with Gasteiger partial charge in [-0.2, -0.15) is 0 Å². The van der Waals surface area contributed by atoms with E-state index in [0.717, 1.165) is 0 Å². The van der Waals surface area contributed by atoms with E-state index >= 15 is 0 Å². The molecule has 0 amide bonds. The van der Waals surface area contributed by atoms with Crippen molar-refractivity contribution in [2.75, 3.05) is 13.1 Å². The average Bonchev–Trinajstić information content (AvgIpc) is 2.48. The molecule has 0 aromatic rings. The van der Waals surface area contributed by atoms with Gasteiger partial charge < -0.3 is 4.57 Å². The van der Waals surface area contributed by atoms with Crippen LogP contribution < -0.4 is 0 Å². The van der Waals surface area contributed by atoms with Gasteiger partial charge in [0, 0.05) is 0 Å². The summed E-state index contributed by atoms with van der Waals surface area (Å²) in [6.45, 7) is 18.6. The molecule has 128 valence electrons. The van der Waals surface area contributed by atoms with E-state index in [9.17, 15) is 0 Å². The molecule has 1 nitrogen and oxygen atoms in total. The van der Waals surface area contributed by atoms with Crippen molar-refractivity contribution in [2.45, 2.75) is 99.5 Å². The Morgan fingerprint density at radius 2 is 1.00 bits per heavy atom. The molecule has 0 fully saturated rings. The molecule has 0 saturated carbocycles. The van der Waals surface area contributed by atoms with Gasteiger partial charge in [-0.3, -0.25) is 0 Å². The summed E-state index contributed by atoms with van der Waals surface area (Å²) >= 11 is -0.839. The third kappa shape index (κ3) is 17.2. The molecule has 0 rings (SSSR count). The zero-order valence-electron chi connectivity index (χ0n) is 16.2. The quantitative estimate of drug-likeness (QED) is 0.328. The maximum atomic E-state index is 2.52. The Morgan fingerprint density at radius 3 is 1.14 bits per heavy atom. The van der Waals surface area contributed by atoms with E-state index in [-0.39, 0.29) is 8.96 Å². The van der Waals surface area contributed by atoms with Crippen molar-refractivity contribution in [1.82, 2.24) is 4.57 Å². The molecule has 0 aliphatic rings. The predicted octanol–water partition coefficient (Wildman–Crippen LogP) is 6.46. The summed E-state index contributed by atoms with van der Waals surface area (Å²) in [4.78, 5) is 0. The van der Waals surface area contributed by atoms with Gasteiger partial charge in [0.1, 0.15) is 8.96 Å². The molecule has 0 bridgehead atoms. The van der Waals surface area contributed by atoms with Gasteiger partial charge in [0.25, 0.3) is 0 Å². The van der Waals surface area contributed by atoms with E-state index in [1.165, 1.54) is 51.6 Å². The first-order valence-corrected chi connectivity index (χ1v) is 18.0. The number of nitrogens with zero attached hydrogens (tertiary/aromatic N) is 1. The second-order valence-corrected chi connectivity index (χ2v) is 17.3. The van der Waals surface area contributed by atoms with Crippen LogP contribution in [0.1, 0.15) is 73.1 Å². The smallest absolute Gasteiger partial charge is 0.129 e. The van der Waals surface area contributed by atoms with E-state index < -0.39 is 19.8 Å². The molecule has 3 heteroatoms. The monoisotopic (exact) mass is 421 g/mol. The van der Waals surface area contributed by atoms with Crippen LogP contribution in [0.4, 0.5) is 0 Å².